The fourth-order valence-corrected chi connectivity index (χ4v) is 3.77. The Morgan fingerprint density at radius 3 is 1.73 bits per heavy atom. The SMILES string of the molecule is Fc1ccc(-c2ncc(-c3ccc(Cl)cc3)[nH]2)cc1.N=C(N)c1ccc(F)cc1.O=C(CBr)c1ccc(Cl)cc1. The number of alkyl halides is 1. The smallest absolute Gasteiger partial charge is 0.173 e. The molecular weight excluding hydrogens is 621 g/mol. The second kappa shape index (κ2) is 15.1. The molecule has 0 radical (unpaired) electrons. The topological polar surface area (TPSA) is 95.6 Å². The van der Waals surface area contributed by atoms with E-state index in [0.717, 1.165) is 16.8 Å². The number of Topliss-reactive ketones (excluding diaryl/α,β-unsaturated/α-hetero) is 1. The van der Waals surface area contributed by atoms with Crippen LogP contribution in [0.15, 0.2) is 103 Å². The van der Waals surface area contributed by atoms with E-state index in [1.807, 2.05) is 24.3 Å². The minimum atomic E-state index is -0.315. The van der Waals surface area contributed by atoms with Gasteiger partial charge in [0.1, 0.15) is 23.3 Å². The van der Waals surface area contributed by atoms with Crippen LogP contribution in [0.25, 0.3) is 22.6 Å². The Kier molecular flexibility index (Phi) is 11.6. The number of nitrogen functional groups attached to an aromatic ring is 1. The highest BCUT2D eigenvalue weighted by molar-refractivity contribution is 9.09. The van der Waals surface area contributed by atoms with Crippen molar-refractivity contribution in [3.05, 3.63) is 136 Å². The first-order chi connectivity index (χ1) is 19.2. The molecule has 0 bridgehead atoms. The van der Waals surface area contributed by atoms with Crippen LogP contribution in [-0.4, -0.2) is 26.9 Å². The van der Waals surface area contributed by atoms with E-state index in [9.17, 15) is 13.6 Å². The highest BCUT2D eigenvalue weighted by Gasteiger charge is 2.06. The number of nitrogens with one attached hydrogen (secondary N) is 2. The average Bonchev–Trinajstić information content (AvgIpc) is 3.45. The van der Waals surface area contributed by atoms with Crippen molar-refractivity contribution in [1.82, 2.24) is 9.97 Å². The number of ketones is 1. The lowest BCUT2D eigenvalue weighted by Crippen LogP contribution is -2.10. The van der Waals surface area contributed by atoms with Crippen LogP contribution in [0, 0.1) is 17.0 Å². The molecule has 5 rings (SSSR count). The van der Waals surface area contributed by atoms with E-state index in [-0.39, 0.29) is 23.3 Å². The van der Waals surface area contributed by atoms with Crippen molar-refractivity contribution < 1.29 is 13.6 Å². The Morgan fingerprint density at radius 2 is 1.23 bits per heavy atom. The number of rotatable bonds is 5. The van der Waals surface area contributed by atoms with Crippen molar-refractivity contribution in [3.63, 3.8) is 0 Å². The largest absolute Gasteiger partial charge is 0.384 e. The zero-order valence-electron chi connectivity index (χ0n) is 20.8. The number of aromatic nitrogens is 2. The number of carbonyl (C=O) groups is 1. The van der Waals surface area contributed by atoms with Gasteiger partial charge < -0.3 is 10.7 Å². The van der Waals surface area contributed by atoms with Crippen LogP contribution in [0.2, 0.25) is 10.0 Å². The van der Waals surface area contributed by atoms with E-state index < -0.39 is 0 Å². The molecule has 0 saturated carbocycles. The molecule has 204 valence electrons. The molecule has 0 fully saturated rings. The molecule has 0 saturated heterocycles. The zero-order chi connectivity index (χ0) is 29.1. The second-order valence-corrected chi connectivity index (χ2v) is 9.58. The first-order valence-corrected chi connectivity index (χ1v) is 13.6. The van der Waals surface area contributed by atoms with Gasteiger partial charge in [-0.3, -0.25) is 10.2 Å². The quantitative estimate of drug-likeness (QED) is 0.0775. The summed E-state index contributed by atoms with van der Waals surface area (Å²) in [5.41, 5.74) is 9.11. The number of benzene rings is 4. The van der Waals surface area contributed by atoms with Gasteiger partial charge in [0.25, 0.3) is 0 Å². The summed E-state index contributed by atoms with van der Waals surface area (Å²) in [4.78, 5) is 18.5. The van der Waals surface area contributed by atoms with Crippen LogP contribution in [0.3, 0.4) is 0 Å². The summed E-state index contributed by atoms with van der Waals surface area (Å²) in [5.74, 6) is 0.171. The van der Waals surface area contributed by atoms with E-state index >= 15 is 0 Å². The predicted molar refractivity (Wildman–Crippen MR) is 161 cm³/mol. The summed E-state index contributed by atoms with van der Waals surface area (Å²) in [7, 11) is 0. The minimum absolute atomic E-state index is 0.0417. The first-order valence-electron chi connectivity index (χ1n) is 11.7. The average molecular weight is 644 g/mol. The Morgan fingerprint density at radius 1 is 0.775 bits per heavy atom. The molecule has 40 heavy (non-hydrogen) atoms. The van der Waals surface area contributed by atoms with Crippen LogP contribution in [0.1, 0.15) is 15.9 Å². The number of carbonyl (C=O) groups excluding carboxylic acids is 1. The summed E-state index contributed by atoms with van der Waals surface area (Å²) in [6.07, 6.45) is 1.75. The Hall–Kier alpha value is -3.85. The third kappa shape index (κ3) is 9.41. The van der Waals surface area contributed by atoms with Crippen LogP contribution >= 0.6 is 39.1 Å². The van der Waals surface area contributed by atoms with Crippen molar-refractivity contribution in [2.45, 2.75) is 0 Å². The number of imidazole rings is 1. The van der Waals surface area contributed by atoms with Crippen LogP contribution in [-0.2, 0) is 0 Å². The Labute approximate surface area is 248 Å². The highest BCUT2D eigenvalue weighted by atomic mass is 79.9. The summed E-state index contributed by atoms with van der Waals surface area (Å²) < 4.78 is 25.1. The molecule has 0 spiro atoms. The summed E-state index contributed by atoms with van der Waals surface area (Å²) in [5, 5.41) is 8.66. The molecule has 4 N–H and O–H groups in total. The van der Waals surface area contributed by atoms with E-state index in [2.05, 4.69) is 25.9 Å². The van der Waals surface area contributed by atoms with Crippen molar-refractivity contribution in [1.29, 1.82) is 5.41 Å². The second-order valence-electron chi connectivity index (χ2n) is 8.14. The van der Waals surface area contributed by atoms with Crippen molar-refractivity contribution in [2.24, 2.45) is 5.73 Å². The van der Waals surface area contributed by atoms with E-state index in [1.54, 1.807) is 42.6 Å². The molecule has 0 amide bonds. The number of aromatic amines is 1. The summed E-state index contributed by atoms with van der Waals surface area (Å²) >= 11 is 14.6. The van der Waals surface area contributed by atoms with Crippen LogP contribution in [0.4, 0.5) is 8.78 Å². The molecule has 0 aliphatic heterocycles. The highest BCUT2D eigenvalue weighted by Crippen LogP contribution is 2.23. The maximum absolute atomic E-state index is 12.9. The van der Waals surface area contributed by atoms with Crippen LogP contribution in [0.5, 0.6) is 0 Å². The van der Waals surface area contributed by atoms with Gasteiger partial charge in [0.2, 0.25) is 0 Å². The molecular formula is C30H23BrCl2F2N4O. The summed E-state index contributed by atoms with van der Waals surface area (Å²) in [6, 6.07) is 26.0. The van der Waals surface area contributed by atoms with Gasteiger partial charge in [-0.05, 0) is 90.5 Å². The monoisotopic (exact) mass is 642 g/mol. The molecule has 1 aromatic heterocycles. The maximum Gasteiger partial charge on any atom is 0.173 e. The lowest BCUT2D eigenvalue weighted by Gasteiger charge is -1.98. The standard InChI is InChI=1S/C15H10ClFN2.C8H6BrClO.C7H7FN2/c16-12-5-1-10(2-6-12)14-9-18-15(19-14)11-3-7-13(17)8-4-11;9-5-8(11)6-1-3-7(10)4-2-6;8-6-3-1-5(2-4-6)7(9)10/h1-9H,(H,18,19);1-4H,5H2;1-4H,(H3,9,10). The third-order valence-corrected chi connectivity index (χ3v) is 6.30. The predicted octanol–water partition coefficient (Wildman–Crippen LogP) is 8.56. The van der Waals surface area contributed by atoms with E-state index in [4.69, 9.17) is 34.3 Å². The number of H-pyrrole nitrogens is 1. The number of amidine groups is 1. The van der Waals surface area contributed by atoms with Gasteiger partial charge in [-0.25, -0.2) is 13.8 Å². The lowest BCUT2D eigenvalue weighted by atomic mass is 10.2. The van der Waals surface area contributed by atoms with Gasteiger partial charge in [-0.1, -0.05) is 51.3 Å². The number of hydrogen-bond donors (Lipinski definition) is 3. The molecule has 0 unspecified atom stereocenters. The van der Waals surface area contributed by atoms with Crippen LogP contribution < -0.4 is 5.73 Å². The molecule has 0 atom stereocenters. The molecule has 10 heteroatoms. The number of nitrogens with zero attached hydrogens (tertiary/aromatic N) is 1. The fourth-order valence-electron chi connectivity index (χ4n) is 3.19. The van der Waals surface area contributed by atoms with Gasteiger partial charge in [-0.15, -0.1) is 0 Å². The molecule has 0 aliphatic carbocycles. The van der Waals surface area contributed by atoms with Gasteiger partial charge in [0, 0.05) is 26.7 Å². The number of hydrogen-bond acceptors (Lipinski definition) is 3. The first kappa shape index (κ1) is 30.7. The van der Waals surface area contributed by atoms with Gasteiger partial charge in [0.15, 0.2) is 5.78 Å². The normalized spacial score (nSPS) is 10.0. The Bertz CT molecular complexity index is 1480. The minimum Gasteiger partial charge on any atom is -0.384 e. The molecule has 5 aromatic rings. The molecule has 5 nitrogen and oxygen atoms in total. The number of nitrogens with two attached hydrogens (primary N) is 1. The van der Waals surface area contributed by atoms with Gasteiger partial charge in [0.05, 0.1) is 17.2 Å². The molecule has 1 heterocycles. The zero-order valence-corrected chi connectivity index (χ0v) is 23.9. The maximum atomic E-state index is 12.9. The van der Waals surface area contributed by atoms with Gasteiger partial charge >= 0.3 is 0 Å². The number of halogens is 5. The van der Waals surface area contributed by atoms with Crippen molar-refractivity contribution in [3.8, 4) is 22.6 Å². The third-order valence-electron chi connectivity index (χ3n) is 5.29. The van der Waals surface area contributed by atoms with Crippen molar-refractivity contribution in [2.75, 3.05) is 5.33 Å². The molecule has 0 aliphatic rings. The Balaban J connectivity index is 0.000000180. The summed E-state index contributed by atoms with van der Waals surface area (Å²) in [6.45, 7) is 0. The van der Waals surface area contributed by atoms with Gasteiger partial charge in [-0.2, -0.15) is 0 Å². The fraction of sp³-hybridized carbons (Fsp3) is 0.0333. The lowest BCUT2D eigenvalue weighted by molar-refractivity contribution is 0.102. The van der Waals surface area contributed by atoms with E-state index in [1.165, 1.54) is 36.4 Å². The molecule has 4 aromatic carbocycles. The van der Waals surface area contributed by atoms with E-state index in [0.29, 0.717) is 32.3 Å². The van der Waals surface area contributed by atoms with Crippen molar-refractivity contribution >= 4 is 50.8 Å².